The van der Waals surface area contributed by atoms with Crippen molar-refractivity contribution >= 4 is 0 Å². The lowest BCUT2D eigenvalue weighted by Crippen LogP contribution is -2.58. The molecule has 2 nitrogen and oxygen atoms in total. The fourth-order valence-electron chi connectivity index (χ4n) is 5.12. The molecule has 1 aliphatic heterocycles. The van der Waals surface area contributed by atoms with Crippen LogP contribution in [-0.4, -0.2) is 4.68 Å². The second kappa shape index (κ2) is 5.83. The summed E-state index contributed by atoms with van der Waals surface area (Å²) in [5.41, 5.74) is 12.2. The molecule has 0 aliphatic carbocycles. The van der Waals surface area contributed by atoms with Gasteiger partial charge in [0.05, 0.1) is 23.7 Å². The zero-order valence-electron chi connectivity index (χ0n) is 18.9. The van der Waals surface area contributed by atoms with Crippen LogP contribution in [0.3, 0.4) is 0 Å². The van der Waals surface area contributed by atoms with Crippen LogP contribution in [0.2, 0.25) is 0 Å². The van der Waals surface area contributed by atoms with E-state index in [4.69, 9.17) is 0 Å². The Morgan fingerprint density at radius 2 is 1.43 bits per heavy atom. The maximum atomic E-state index is 2.48. The van der Waals surface area contributed by atoms with Gasteiger partial charge in [-0.1, -0.05) is 66.1 Å². The molecule has 0 saturated heterocycles. The number of hydrogen-bond acceptors (Lipinski definition) is 0. The Balaban J connectivity index is 2.20. The summed E-state index contributed by atoms with van der Waals surface area (Å²) < 4.78 is 4.84. The Bertz CT molecular complexity index is 1090. The highest BCUT2D eigenvalue weighted by Gasteiger charge is 2.55. The summed E-state index contributed by atoms with van der Waals surface area (Å²) in [6, 6.07) is 13.7. The SMILES string of the molecule is Cc1cc(C)cc(-c2c(C)n(C)[n+]3c2C(C)(C)C(C)(C)c2cccc(C)c2-3)c1. The molecule has 146 valence electrons. The van der Waals surface area contributed by atoms with E-state index in [0.717, 1.165) is 0 Å². The number of aryl methyl sites for hydroxylation is 3. The maximum absolute atomic E-state index is 2.48. The van der Waals surface area contributed by atoms with Crippen molar-refractivity contribution in [1.29, 1.82) is 0 Å². The summed E-state index contributed by atoms with van der Waals surface area (Å²) in [7, 11) is 2.20. The quantitative estimate of drug-likeness (QED) is 0.479. The van der Waals surface area contributed by atoms with Gasteiger partial charge in [0.1, 0.15) is 0 Å². The highest BCUT2D eigenvalue weighted by Crippen LogP contribution is 2.51. The number of aromatic nitrogens is 2. The van der Waals surface area contributed by atoms with Gasteiger partial charge in [0, 0.05) is 16.5 Å². The lowest BCUT2D eigenvalue weighted by atomic mass is 9.59. The van der Waals surface area contributed by atoms with Crippen LogP contribution in [0.25, 0.3) is 16.8 Å². The Hall–Kier alpha value is -2.35. The molecule has 2 aromatic carbocycles. The number of nitrogens with zero attached hydrogens (tertiary/aromatic N) is 2. The van der Waals surface area contributed by atoms with Crippen molar-refractivity contribution in [3.05, 3.63) is 70.0 Å². The second-order valence-electron chi connectivity index (χ2n) is 9.74. The molecule has 4 rings (SSSR count). The zero-order chi connectivity index (χ0) is 20.6. The van der Waals surface area contributed by atoms with Crippen LogP contribution in [0.15, 0.2) is 36.4 Å². The Morgan fingerprint density at radius 1 is 0.821 bits per heavy atom. The number of benzene rings is 2. The van der Waals surface area contributed by atoms with Crippen molar-refractivity contribution in [3.63, 3.8) is 0 Å². The topological polar surface area (TPSA) is 8.81 Å². The fourth-order valence-corrected chi connectivity index (χ4v) is 5.12. The summed E-state index contributed by atoms with van der Waals surface area (Å²) in [5.74, 6) is 0. The van der Waals surface area contributed by atoms with Gasteiger partial charge in [-0.2, -0.15) is 4.68 Å². The number of para-hydroxylation sites is 1. The van der Waals surface area contributed by atoms with E-state index >= 15 is 0 Å². The van der Waals surface area contributed by atoms with Crippen LogP contribution in [0.5, 0.6) is 0 Å². The smallest absolute Gasteiger partial charge is 0.154 e. The Kier molecular flexibility index (Phi) is 3.95. The number of fused-ring (bicyclic) bond motifs is 3. The lowest BCUT2D eigenvalue weighted by molar-refractivity contribution is -0.697. The third-order valence-electron chi connectivity index (χ3n) is 7.38. The molecule has 28 heavy (non-hydrogen) atoms. The predicted molar refractivity (Wildman–Crippen MR) is 117 cm³/mol. The monoisotopic (exact) mass is 373 g/mol. The van der Waals surface area contributed by atoms with E-state index in [2.05, 4.69) is 108 Å². The van der Waals surface area contributed by atoms with E-state index in [0.29, 0.717) is 0 Å². The van der Waals surface area contributed by atoms with Crippen molar-refractivity contribution in [2.75, 3.05) is 0 Å². The molecule has 0 N–H and O–H groups in total. The van der Waals surface area contributed by atoms with E-state index in [1.165, 1.54) is 50.5 Å². The molecular weight excluding hydrogens is 340 g/mol. The summed E-state index contributed by atoms with van der Waals surface area (Å²) in [4.78, 5) is 0. The third kappa shape index (κ3) is 2.30. The maximum Gasteiger partial charge on any atom is 0.242 e. The van der Waals surface area contributed by atoms with Crippen molar-refractivity contribution in [2.45, 2.75) is 66.2 Å². The molecule has 0 unspecified atom stereocenters. The Labute approximate surface area is 169 Å². The average molecular weight is 374 g/mol. The highest BCUT2D eigenvalue weighted by atomic mass is 15.4. The fraction of sp³-hybridized carbons (Fsp3) is 0.423. The molecule has 0 atom stereocenters. The first kappa shape index (κ1) is 19.0. The van der Waals surface area contributed by atoms with Gasteiger partial charge >= 0.3 is 0 Å². The normalized spacial score (nSPS) is 16.6. The predicted octanol–water partition coefficient (Wildman–Crippen LogP) is 5.77. The second-order valence-corrected chi connectivity index (χ2v) is 9.74. The van der Waals surface area contributed by atoms with Crippen molar-refractivity contribution in [3.8, 4) is 16.8 Å². The molecule has 0 bridgehead atoms. The first-order valence-electron chi connectivity index (χ1n) is 10.3. The molecular formula is C26H33N2+. The molecule has 1 aromatic heterocycles. The van der Waals surface area contributed by atoms with Gasteiger partial charge in [-0.15, -0.1) is 0 Å². The van der Waals surface area contributed by atoms with Crippen molar-refractivity contribution in [1.82, 2.24) is 4.68 Å². The zero-order valence-corrected chi connectivity index (χ0v) is 18.9. The molecule has 2 heteroatoms. The molecule has 0 spiro atoms. The van der Waals surface area contributed by atoms with Gasteiger partial charge in [0.25, 0.3) is 0 Å². The largest absolute Gasteiger partial charge is 0.242 e. The van der Waals surface area contributed by atoms with Crippen LogP contribution in [0.4, 0.5) is 0 Å². The summed E-state index contributed by atoms with van der Waals surface area (Å²) >= 11 is 0. The van der Waals surface area contributed by atoms with E-state index in [-0.39, 0.29) is 10.8 Å². The van der Waals surface area contributed by atoms with Crippen molar-refractivity contribution in [2.24, 2.45) is 7.05 Å². The van der Waals surface area contributed by atoms with Crippen LogP contribution < -0.4 is 4.68 Å². The first-order chi connectivity index (χ1) is 13.0. The van der Waals surface area contributed by atoms with Gasteiger partial charge in [0.2, 0.25) is 11.4 Å². The van der Waals surface area contributed by atoms with Gasteiger partial charge in [0.15, 0.2) is 0 Å². The minimum absolute atomic E-state index is 0.0210. The van der Waals surface area contributed by atoms with Gasteiger partial charge in [-0.05, 0) is 47.1 Å². The van der Waals surface area contributed by atoms with E-state index in [1.54, 1.807) is 0 Å². The number of hydrogen-bond donors (Lipinski definition) is 0. The number of rotatable bonds is 1. The van der Waals surface area contributed by atoms with Crippen LogP contribution in [-0.2, 0) is 17.9 Å². The van der Waals surface area contributed by atoms with Crippen molar-refractivity contribution < 1.29 is 4.68 Å². The molecule has 0 fully saturated rings. The average Bonchev–Trinajstić information content (AvgIpc) is 2.85. The molecule has 0 radical (unpaired) electrons. The van der Waals surface area contributed by atoms with E-state index < -0.39 is 0 Å². The van der Waals surface area contributed by atoms with Crippen LogP contribution >= 0.6 is 0 Å². The van der Waals surface area contributed by atoms with E-state index in [1.807, 2.05) is 0 Å². The molecule has 0 saturated carbocycles. The summed E-state index contributed by atoms with van der Waals surface area (Å²) in [6.45, 7) is 18.5. The molecule has 0 amide bonds. The van der Waals surface area contributed by atoms with Gasteiger partial charge in [-0.25, -0.2) is 0 Å². The van der Waals surface area contributed by atoms with E-state index in [9.17, 15) is 0 Å². The molecule has 3 aromatic rings. The van der Waals surface area contributed by atoms with Gasteiger partial charge < -0.3 is 0 Å². The van der Waals surface area contributed by atoms with Crippen LogP contribution in [0.1, 0.15) is 61.3 Å². The first-order valence-corrected chi connectivity index (χ1v) is 10.3. The molecule has 2 heterocycles. The Morgan fingerprint density at radius 3 is 2.04 bits per heavy atom. The summed E-state index contributed by atoms with van der Waals surface area (Å²) in [5, 5.41) is 0. The van der Waals surface area contributed by atoms with Crippen LogP contribution in [0, 0.1) is 27.7 Å². The molecule has 1 aliphatic rings. The standard InChI is InChI=1S/C26H33N2/c1-16-13-17(2)15-20(14-16)22-19(4)27(9)28-23-18(3)11-10-12-21(23)25(5,6)26(7,8)24(22)28/h10-15H,1-9H3/q+1. The lowest BCUT2D eigenvalue weighted by Gasteiger charge is -2.42. The summed E-state index contributed by atoms with van der Waals surface area (Å²) in [6.07, 6.45) is 0. The minimum Gasteiger partial charge on any atom is -0.154 e. The van der Waals surface area contributed by atoms with Gasteiger partial charge in [-0.3, -0.25) is 0 Å². The highest BCUT2D eigenvalue weighted by molar-refractivity contribution is 5.72. The minimum atomic E-state index is -0.0210. The third-order valence-corrected chi connectivity index (χ3v) is 7.38.